The van der Waals surface area contributed by atoms with Gasteiger partial charge in [0.1, 0.15) is 34.7 Å². The molecule has 4 fully saturated rings. The van der Waals surface area contributed by atoms with Gasteiger partial charge in [0.05, 0.1) is 10.9 Å². The van der Waals surface area contributed by atoms with Crippen molar-refractivity contribution in [1.82, 2.24) is 30.1 Å². The lowest BCUT2D eigenvalue weighted by Crippen LogP contribution is -2.60. The number of carbonyl (C=O) groups is 5. The zero-order valence-electron chi connectivity index (χ0n) is 31.8. The molecule has 5 aliphatic rings. The van der Waals surface area contributed by atoms with Gasteiger partial charge in [-0.2, -0.15) is 0 Å². The molecule has 0 radical (unpaired) electrons. The molecular weight excluding hydrogens is 744 g/mol. The Kier molecular flexibility index (Phi) is 10.7. The van der Waals surface area contributed by atoms with E-state index >= 15 is 0 Å². The van der Waals surface area contributed by atoms with Gasteiger partial charge in [0.15, 0.2) is 0 Å². The number of aromatic nitrogens is 1. The molecule has 3 N–H and O–H groups in total. The van der Waals surface area contributed by atoms with E-state index in [1.54, 1.807) is 62.1 Å². The molecule has 4 heterocycles. The van der Waals surface area contributed by atoms with Gasteiger partial charge in [-0.3, -0.25) is 23.9 Å². The predicted molar refractivity (Wildman–Crippen MR) is 202 cm³/mol. The molecule has 2 aliphatic carbocycles. The molecule has 6 atom stereocenters. The number of nitrogens with zero attached hydrogens (tertiary/aromatic N) is 3. The average molecular weight is 793 g/mol. The van der Waals surface area contributed by atoms with Crippen LogP contribution in [0.4, 0.5) is 9.18 Å². The van der Waals surface area contributed by atoms with E-state index in [0.717, 1.165) is 12.8 Å². The number of halogens is 1. The number of hydrogen-bond acceptors (Lipinski definition) is 9. The van der Waals surface area contributed by atoms with Crippen LogP contribution >= 0.6 is 0 Å². The Morgan fingerprint density at radius 1 is 0.982 bits per heavy atom. The van der Waals surface area contributed by atoms with E-state index in [0.29, 0.717) is 32.1 Å². The van der Waals surface area contributed by atoms with Gasteiger partial charge in [0.2, 0.25) is 21.8 Å². The van der Waals surface area contributed by atoms with Gasteiger partial charge < -0.3 is 25.2 Å². The van der Waals surface area contributed by atoms with Crippen LogP contribution in [0, 0.1) is 23.6 Å². The molecule has 56 heavy (non-hydrogen) atoms. The number of allylic oxidation sites excluding steroid dienone is 1. The Hall–Kier alpha value is -4.86. The van der Waals surface area contributed by atoms with Crippen molar-refractivity contribution in [2.45, 2.75) is 101 Å². The molecular formula is C40H49FN6O8S. The number of fused-ring (bicyclic) bond motifs is 4. The van der Waals surface area contributed by atoms with Crippen LogP contribution in [0.5, 0.6) is 0 Å². The molecule has 0 spiro atoms. The molecule has 7 rings (SSSR count). The van der Waals surface area contributed by atoms with Gasteiger partial charge in [-0.05, 0) is 83.6 Å². The highest BCUT2D eigenvalue weighted by molar-refractivity contribution is 7.91. The number of nitrogens with one attached hydrogen (secondary N) is 3. The van der Waals surface area contributed by atoms with Crippen LogP contribution in [-0.4, -0.2) is 101 Å². The number of likely N-dealkylation sites (tertiary alicyclic amines) is 1. The fraction of sp³-hybridized carbons (Fsp3) is 0.550. The maximum atomic E-state index is 14.7. The van der Waals surface area contributed by atoms with E-state index in [1.165, 1.54) is 11.0 Å². The van der Waals surface area contributed by atoms with Crippen LogP contribution in [0.25, 0.3) is 11.3 Å². The Morgan fingerprint density at radius 3 is 2.48 bits per heavy atom. The van der Waals surface area contributed by atoms with Crippen molar-refractivity contribution < 1.29 is 41.5 Å². The van der Waals surface area contributed by atoms with Crippen molar-refractivity contribution in [2.24, 2.45) is 17.8 Å². The fourth-order valence-electron chi connectivity index (χ4n) is 8.22. The second-order valence-corrected chi connectivity index (χ2v) is 18.6. The second kappa shape index (κ2) is 15.2. The largest absolute Gasteiger partial charge is 0.444 e. The number of alkyl carbamates (subject to hydrolysis) is 1. The lowest BCUT2D eigenvalue weighted by atomic mass is 9.93. The molecule has 2 saturated carbocycles. The average Bonchev–Trinajstić information content (AvgIpc) is 4.03. The van der Waals surface area contributed by atoms with Crippen molar-refractivity contribution in [3.8, 4) is 11.3 Å². The zero-order chi connectivity index (χ0) is 40.0. The molecule has 0 unspecified atom stereocenters. The smallest absolute Gasteiger partial charge is 0.408 e. The minimum atomic E-state index is -3.93. The standard InChI is InChI=1S/C40H49FN6O8S/c1-39(2,3)55-38(52)43-32-15-8-6-4-5-7-12-25-20-40(25,37(51)45-56(53,54)26-18-19-26)44-34(48)33-28-23-46(21-24(28)22-47(33)36(32)50)35(49)31-17-11-16-30(42-31)27-13-9-10-14-29(27)41/h7,9-14,16-17,24-26,28,32-33H,4-6,8,15,18-23H2,1-3H3,(H,43,52)(H,44,48)(H,45,51)/b12-7-/t24-,25+,28-,32-,33-,40+/m0/s1. The first-order valence-corrected chi connectivity index (χ1v) is 21.0. The van der Waals surface area contributed by atoms with Crippen molar-refractivity contribution in [1.29, 1.82) is 0 Å². The fourth-order valence-corrected chi connectivity index (χ4v) is 9.59. The summed E-state index contributed by atoms with van der Waals surface area (Å²) in [6.45, 7) is 5.48. The number of carbonyl (C=O) groups excluding carboxylic acids is 5. The minimum absolute atomic E-state index is 0.0692. The molecule has 3 aliphatic heterocycles. The van der Waals surface area contributed by atoms with E-state index in [1.807, 2.05) is 12.2 Å². The van der Waals surface area contributed by atoms with Crippen molar-refractivity contribution in [3.05, 3.63) is 66.1 Å². The van der Waals surface area contributed by atoms with Crippen molar-refractivity contribution >= 4 is 39.7 Å². The highest BCUT2D eigenvalue weighted by Crippen LogP contribution is 2.47. The quantitative estimate of drug-likeness (QED) is 0.368. The summed E-state index contributed by atoms with van der Waals surface area (Å²) in [5.74, 6) is -4.27. The second-order valence-electron chi connectivity index (χ2n) is 16.7. The summed E-state index contributed by atoms with van der Waals surface area (Å²) in [4.78, 5) is 77.4. The van der Waals surface area contributed by atoms with Crippen LogP contribution in [0.3, 0.4) is 0 Å². The molecule has 1 aromatic carbocycles. The van der Waals surface area contributed by atoms with Gasteiger partial charge in [0, 0.05) is 43.0 Å². The molecule has 5 amide bonds. The van der Waals surface area contributed by atoms with E-state index in [2.05, 4.69) is 20.3 Å². The Bertz CT molecular complexity index is 2050. The van der Waals surface area contributed by atoms with Crippen molar-refractivity contribution in [2.75, 3.05) is 19.6 Å². The van der Waals surface area contributed by atoms with Crippen molar-refractivity contribution in [3.63, 3.8) is 0 Å². The Balaban J connectivity index is 1.18. The van der Waals surface area contributed by atoms with Gasteiger partial charge in [0.25, 0.3) is 11.8 Å². The third-order valence-electron chi connectivity index (χ3n) is 11.3. The normalized spacial score (nSPS) is 28.8. The highest BCUT2D eigenvalue weighted by Gasteiger charge is 2.63. The van der Waals surface area contributed by atoms with Gasteiger partial charge in [-0.1, -0.05) is 43.2 Å². The molecule has 1 aromatic heterocycles. The minimum Gasteiger partial charge on any atom is -0.444 e. The number of ether oxygens (including phenoxy) is 1. The van der Waals surface area contributed by atoms with Crippen LogP contribution in [0.1, 0.15) is 82.6 Å². The maximum absolute atomic E-state index is 14.7. The number of amides is 5. The number of benzene rings is 1. The lowest BCUT2D eigenvalue weighted by molar-refractivity contribution is -0.142. The summed E-state index contributed by atoms with van der Waals surface area (Å²) in [6.07, 6.45) is 7.16. The van der Waals surface area contributed by atoms with E-state index in [9.17, 15) is 36.8 Å². The molecule has 16 heteroatoms. The topological polar surface area (TPSA) is 184 Å². The van der Waals surface area contributed by atoms with Crippen LogP contribution in [-0.2, 0) is 29.1 Å². The number of hydrogen-bond donors (Lipinski definition) is 3. The molecule has 2 saturated heterocycles. The van der Waals surface area contributed by atoms with E-state index in [4.69, 9.17) is 4.74 Å². The van der Waals surface area contributed by atoms with Gasteiger partial charge in [-0.15, -0.1) is 0 Å². The van der Waals surface area contributed by atoms with Crippen LogP contribution in [0.2, 0.25) is 0 Å². The van der Waals surface area contributed by atoms with E-state index in [-0.39, 0.29) is 48.9 Å². The summed E-state index contributed by atoms with van der Waals surface area (Å²) in [5, 5.41) is 4.97. The monoisotopic (exact) mass is 792 g/mol. The molecule has 300 valence electrons. The lowest BCUT2D eigenvalue weighted by Gasteiger charge is -2.33. The summed E-state index contributed by atoms with van der Waals surface area (Å²) >= 11 is 0. The zero-order valence-corrected chi connectivity index (χ0v) is 32.6. The van der Waals surface area contributed by atoms with Crippen LogP contribution in [0.15, 0.2) is 54.6 Å². The number of pyridine rings is 1. The molecule has 14 nitrogen and oxygen atoms in total. The van der Waals surface area contributed by atoms with Gasteiger partial charge in [-0.25, -0.2) is 22.6 Å². The Labute approximate surface area is 326 Å². The SMILES string of the molecule is CC(C)(C)OC(=O)N[C@H]1CCCCC/C=C\[C@@H]2C[C@@]2(C(=O)NS(=O)(=O)C2CC2)NC(=O)[C@@H]2[C@H]3CN(C(=O)c4cccc(-c5ccccc5F)n4)C[C@H]3CN2C1=O. The maximum Gasteiger partial charge on any atom is 0.408 e. The first kappa shape index (κ1) is 39.4. The number of rotatable bonds is 6. The predicted octanol–water partition coefficient (Wildman–Crippen LogP) is 3.68. The summed E-state index contributed by atoms with van der Waals surface area (Å²) in [5.41, 5.74) is -1.76. The summed E-state index contributed by atoms with van der Waals surface area (Å²) < 4.78 is 48.1. The van der Waals surface area contributed by atoms with Gasteiger partial charge >= 0.3 is 6.09 Å². The molecule has 0 bridgehead atoms. The summed E-state index contributed by atoms with van der Waals surface area (Å²) in [7, 11) is -3.93. The third-order valence-corrected chi connectivity index (χ3v) is 13.1. The number of sulfonamides is 1. The highest BCUT2D eigenvalue weighted by atomic mass is 32.2. The molecule has 2 aromatic rings. The first-order valence-electron chi connectivity index (χ1n) is 19.4. The van der Waals surface area contributed by atoms with Crippen LogP contribution < -0.4 is 15.4 Å². The summed E-state index contributed by atoms with van der Waals surface area (Å²) in [6, 6.07) is 8.73. The first-order chi connectivity index (χ1) is 26.6. The van der Waals surface area contributed by atoms with E-state index < -0.39 is 85.9 Å². The third kappa shape index (κ3) is 8.30. The Morgan fingerprint density at radius 2 is 1.75 bits per heavy atom.